The number of unbranched alkanes of at least 4 members (excludes halogenated alkanes) is 1. The molecule has 0 saturated carbocycles. The number of hydrogen-bond donors (Lipinski definition) is 1. The number of sulfonamides is 1. The van der Waals surface area contributed by atoms with E-state index in [2.05, 4.69) is 6.92 Å². The van der Waals surface area contributed by atoms with Crippen LogP contribution in [0.25, 0.3) is 0 Å². The Bertz CT molecular complexity index is 1230. The van der Waals surface area contributed by atoms with E-state index in [0.29, 0.717) is 28.3 Å². The van der Waals surface area contributed by atoms with E-state index in [1.165, 1.54) is 22.1 Å². The van der Waals surface area contributed by atoms with Crippen molar-refractivity contribution in [1.82, 2.24) is 4.31 Å². The molecule has 1 aliphatic heterocycles. The molecule has 11 heteroatoms. The second kappa shape index (κ2) is 11.1. The van der Waals surface area contributed by atoms with Gasteiger partial charge in [-0.15, -0.1) is 11.8 Å². The van der Waals surface area contributed by atoms with Gasteiger partial charge in [-0.2, -0.15) is 12.7 Å². The van der Waals surface area contributed by atoms with Crippen LogP contribution in [0.15, 0.2) is 63.7 Å². The average Bonchev–Trinajstić information content (AvgIpc) is 2.88. The molecule has 0 bridgehead atoms. The summed E-state index contributed by atoms with van der Waals surface area (Å²) in [7, 11) is -6.48. The number of rotatable bonds is 9. The van der Waals surface area contributed by atoms with E-state index in [1.54, 1.807) is 7.05 Å². The van der Waals surface area contributed by atoms with Gasteiger partial charge in [0, 0.05) is 31.4 Å². The summed E-state index contributed by atoms with van der Waals surface area (Å²) in [5, 5.41) is 0.634. The molecular weight excluding hydrogens is 496 g/mol. The van der Waals surface area contributed by atoms with Crippen LogP contribution in [0.2, 0.25) is 0 Å². The van der Waals surface area contributed by atoms with Crippen molar-refractivity contribution in [2.24, 2.45) is 0 Å². The molecule has 0 aromatic heterocycles. The summed E-state index contributed by atoms with van der Waals surface area (Å²) in [6.07, 6.45) is 5.63. The van der Waals surface area contributed by atoms with Crippen LogP contribution in [0.4, 0.5) is 11.4 Å². The van der Waals surface area contributed by atoms with Crippen molar-refractivity contribution >= 4 is 43.3 Å². The summed E-state index contributed by atoms with van der Waals surface area (Å²) in [6, 6.07) is 12.8. The first-order valence-electron chi connectivity index (χ1n) is 10.9. The molecule has 186 valence electrons. The van der Waals surface area contributed by atoms with Crippen LogP contribution in [0.5, 0.6) is 5.75 Å². The Kier molecular flexibility index (Phi) is 8.69. The van der Waals surface area contributed by atoms with Crippen LogP contribution >= 0.6 is 11.8 Å². The number of benzene rings is 2. The standard InChI is InChI=1S/C23H30N2O6S3/c1-4-5-10-19-17-25(18-11-7-6-8-12-18)20-15-22(32-3)21(31-13-9-14-33(26,27)28)16-23(20)34(29,30)24(19)2/h6-9,11-12,14-16,19H,4-5,10,13,17H2,1-3H3,(H,26,27,28)/b14-9-. The summed E-state index contributed by atoms with van der Waals surface area (Å²) in [4.78, 5) is 2.88. The van der Waals surface area contributed by atoms with Gasteiger partial charge in [0.25, 0.3) is 10.1 Å². The van der Waals surface area contributed by atoms with E-state index in [4.69, 9.17) is 9.29 Å². The highest BCUT2D eigenvalue weighted by atomic mass is 32.2. The van der Waals surface area contributed by atoms with Gasteiger partial charge in [-0.3, -0.25) is 4.55 Å². The van der Waals surface area contributed by atoms with Crippen molar-refractivity contribution in [3.05, 3.63) is 53.9 Å². The molecule has 1 heterocycles. The van der Waals surface area contributed by atoms with E-state index >= 15 is 0 Å². The summed E-state index contributed by atoms with van der Waals surface area (Å²) < 4.78 is 65.2. The summed E-state index contributed by atoms with van der Waals surface area (Å²) in [5.41, 5.74) is 1.47. The van der Waals surface area contributed by atoms with Gasteiger partial charge in [0.05, 0.1) is 16.0 Å². The Morgan fingerprint density at radius 3 is 2.56 bits per heavy atom. The van der Waals surface area contributed by atoms with Gasteiger partial charge in [0.2, 0.25) is 10.0 Å². The van der Waals surface area contributed by atoms with Gasteiger partial charge in [-0.1, -0.05) is 38.0 Å². The van der Waals surface area contributed by atoms with Gasteiger partial charge < -0.3 is 9.64 Å². The van der Waals surface area contributed by atoms with Crippen molar-refractivity contribution in [3.8, 4) is 5.75 Å². The first kappa shape index (κ1) is 26.6. The lowest BCUT2D eigenvalue weighted by Crippen LogP contribution is -2.40. The Balaban J connectivity index is 2.13. The zero-order chi connectivity index (χ0) is 24.9. The summed E-state index contributed by atoms with van der Waals surface area (Å²) in [6.45, 7) is 2.45. The maximum Gasteiger partial charge on any atom is 0.287 e. The quantitative estimate of drug-likeness (QED) is 0.376. The average molecular weight is 527 g/mol. The minimum atomic E-state index is -4.27. The van der Waals surface area contributed by atoms with E-state index in [1.807, 2.05) is 47.6 Å². The molecule has 8 nitrogen and oxygen atoms in total. The fraction of sp³-hybridized carbons (Fsp3) is 0.391. The molecule has 0 saturated heterocycles. The molecule has 1 unspecified atom stereocenters. The number of ether oxygens (including phenoxy) is 1. The van der Waals surface area contributed by atoms with Gasteiger partial charge in [-0.05, 0) is 37.0 Å². The lowest BCUT2D eigenvalue weighted by atomic mass is 10.1. The van der Waals surface area contributed by atoms with Crippen LogP contribution in [0.1, 0.15) is 26.2 Å². The molecule has 1 atom stereocenters. The second-order valence-electron chi connectivity index (χ2n) is 7.93. The number of fused-ring (bicyclic) bond motifs is 1. The third-order valence-corrected chi connectivity index (χ3v) is 8.90. The Morgan fingerprint density at radius 2 is 1.94 bits per heavy atom. The Morgan fingerprint density at radius 1 is 1.24 bits per heavy atom. The lowest BCUT2D eigenvalue weighted by molar-refractivity contribution is 0.349. The predicted molar refractivity (Wildman–Crippen MR) is 136 cm³/mol. The smallest absolute Gasteiger partial charge is 0.287 e. The van der Waals surface area contributed by atoms with Gasteiger partial charge in [-0.25, -0.2) is 8.42 Å². The summed E-state index contributed by atoms with van der Waals surface area (Å²) >= 11 is 1.40. The van der Waals surface area contributed by atoms with Gasteiger partial charge in [0.15, 0.2) is 0 Å². The van der Waals surface area contributed by atoms with Gasteiger partial charge >= 0.3 is 0 Å². The van der Waals surface area contributed by atoms with Crippen LogP contribution in [-0.4, -0.2) is 58.2 Å². The van der Waals surface area contributed by atoms with Crippen LogP contribution in [0.3, 0.4) is 0 Å². The lowest BCUT2D eigenvalue weighted by Gasteiger charge is -2.29. The molecule has 2 aromatic carbocycles. The van der Waals surface area contributed by atoms with Crippen LogP contribution in [-0.2, 0) is 20.1 Å². The fourth-order valence-corrected chi connectivity index (χ4v) is 6.29. The number of anilines is 2. The fourth-order valence-electron chi connectivity index (χ4n) is 3.86. The highest BCUT2D eigenvalue weighted by molar-refractivity contribution is 7.98. The maximum atomic E-state index is 13.7. The number of para-hydroxylation sites is 1. The highest BCUT2D eigenvalue weighted by Gasteiger charge is 2.37. The molecular formula is C23H30N2O6S3. The normalized spacial score (nSPS) is 18.6. The number of nitrogens with zero attached hydrogens (tertiary/aromatic N) is 2. The van der Waals surface area contributed by atoms with Crippen molar-refractivity contribution in [1.29, 1.82) is 0 Å². The molecule has 34 heavy (non-hydrogen) atoms. The molecule has 0 aliphatic carbocycles. The van der Waals surface area contributed by atoms with E-state index in [-0.39, 0.29) is 17.5 Å². The first-order chi connectivity index (χ1) is 16.1. The topological polar surface area (TPSA) is 104 Å². The molecule has 0 radical (unpaired) electrons. The largest absolute Gasteiger partial charge is 0.488 e. The molecule has 1 aliphatic rings. The van der Waals surface area contributed by atoms with Gasteiger partial charge in [0.1, 0.15) is 17.3 Å². The molecule has 0 spiro atoms. The maximum absolute atomic E-state index is 13.7. The summed E-state index contributed by atoms with van der Waals surface area (Å²) in [5.74, 6) is 0.322. The van der Waals surface area contributed by atoms with Crippen LogP contribution < -0.4 is 9.64 Å². The van der Waals surface area contributed by atoms with Crippen molar-refractivity contribution in [2.45, 2.75) is 42.0 Å². The minimum absolute atomic E-state index is 0.129. The second-order valence-corrected chi connectivity index (χ2v) is 12.0. The molecule has 1 N–H and O–H groups in total. The molecule has 3 rings (SSSR count). The Labute approximate surface area is 206 Å². The van der Waals surface area contributed by atoms with Crippen LogP contribution in [0, 0.1) is 0 Å². The van der Waals surface area contributed by atoms with Crippen molar-refractivity contribution in [2.75, 3.05) is 31.4 Å². The number of thioether (sulfide) groups is 1. The van der Waals surface area contributed by atoms with Crippen molar-refractivity contribution in [3.63, 3.8) is 0 Å². The SMILES string of the molecule is CCCCC1CN(c2ccccc2)c2cc(SC)c(OC/C=C\S(=O)(=O)O)cc2S(=O)(=O)N1C. The van der Waals surface area contributed by atoms with E-state index in [9.17, 15) is 16.8 Å². The van der Waals surface area contributed by atoms with E-state index in [0.717, 1.165) is 31.0 Å². The monoisotopic (exact) mass is 526 g/mol. The first-order valence-corrected chi connectivity index (χ1v) is 15.0. The zero-order valence-electron chi connectivity index (χ0n) is 19.4. The van der Waals surface area contributed by atoms with E-state index < -0.39 is 20.1 Å². The number of hydrogen-bond acceptors (Lipinski definition) is 7. The minimum Gasteiger partial charge on any atom is -0.488 e. The molecule has 0 amide bonds. The number of likely N-dealkylation sites (N-methyl/N-ethyl adjacent to an activating group) is 1. The third kappa shape index (κ3) is 6.14. The van der Waals surface area contributed by atoms with Crippen molar-refractivity contribution < 1.29 is 26.1 Å². The highest BCUT2D eigenvalue weighted by Crippen LogP contribution is 2.43. The Hall–Kier alpha value is -2.05. The third-order valence-electron chi connectivity index (χ3n) is 5.66. The zero-order valence-corrected chi connectivity index (χ0v) is 21.9. The molecule has 0 fully saturated rings. The molecule has 2 aromatic rings. The predicted octanol–water partition coefficient (Wildman–Crippen LogP) is 4.52.